The highest BCUT2D eigenvalue weighted by Gasteiger charge is 2.23. The van der Waals surface area contributed by atoms with E-state index < -0.39 is 10.2 Å². The highest BCUT2D eigenvalue weighted by atomic mass is 32.2. The van der Waals surface area contributed by atoms with Gasteiger partial charge in [-0.2, -0.15) is 12.7 Å². The van der Waals surface area contributed by atoms with Crippen LogP contribution in [0.1, 0.15) is 6.92 Å². The minimum absolute atomic E-state index is 0.492. The Morgan fingerprint density at radius 2 is 1.89 bits per heavy atom. The standard InChI is InChI=1S/C12H19N3O3S/c1-2-18-12-5-3-11(4-6-12)14-19(16,17)15-9-7-13-8-10-15/h3-6,13-14H,2,7-10H2,1H3. The lowest BCUT2D eigenvalue weighted by Crippen LogP contribution is -2.48. The quantitative estimate of drug-likeness (QED) is 0.833. The molecule has 0 aromatic heterocycles. The molecule has 2 rings (SSSR count). The van der Waals surface area contributed by atoms with Crippen LogP contribution in [0.5, 0.6) is 5.75 Å². The van der Waals surface area contributed by atoms with Crippen LogP contribution in [-0.4, -0.2) is 45.5 Å². The molecule has 1 aliphatic heterocycles. The molecule has 7 heteroatoms. The summed E-state index contributed by atoms with van der Waals surface area (Å²) in [4.78, 5) is 0. The van der Waals surface area contributed by atoms with Crippen LogP contribution in [0, 0.1) is 0 Å². The number of nitrogens with one attached hydrogen (secondary N) is 2. The Labute approximate surface area is 113 Å². The van der Waals surface area contributed by atoms with Gasteiger partial charge in [0.2, 0.25) is 0 Å². The largest absolute Gasteiger partial charge is 0.494 e. The first-order valence-electron chi connectivity index (χ1n) is 6.33. The number of piperazine rings is 1. The maximum atomic E-state index is 12.1. The van der Waals surface area contributed by atoms with Crippen molar-refractivity contribution in [3.8, 4) is 5.75 Å². The SMILES string of the molecule is CCOc1ccc(NS(=O)(=O)N2CCNCC2)cc1. The molecule has 1 aliphatic rings. The van der Waals surface area contributed by atoms with Crippen LogP contribution in [0.15, 0.2) is 24.3 Å². The molecule has 2 N–H and O–H groups in total. The van der Waals surface area contributed by atoms with Gasteiger partial charge in [0.1, 0.15) is 5.75 Å². The van der Waals surface area contributed by atoms with Gasteiger partial charge in [-0.1, -0.05) is 0 Å². The number of rotatable bonds is 5. The Hall–Kier alpha value is -1.31. The average molecular weight is 285 g/mol. The normalized spacial score (nSPS) is 17.1. The predicted molar refractivity (Wildman–Crippen MR) is 74.6 cm³/mol. The summed E-state index contributed by atoms with van der Waals surface area (Å²) in [6.07, 6.45) is 0. The zero-order valence-corrected chi connectivity index (χ0v) is 11.7. The highest BCUT2D eigenvalue weighted by Crippen LogP contribution is 2.17. The molecular weight excluding hydrogens is 266 g/mol. The molecule has 0 aliphatic carbocycles. The minimum atomic E-state index is -3.46. The van der Waals surface area contributed by atoms with Crippen molar-refractivity contribution in [2.75, 3.05) is 37.5 Å². The van der Waals surface area contributed by atoms with Crippen molar-refractivity contribution in [1.29, 1.82) is 0 Å². The molecule has 1 heterocycles. The molecule has 19 heavy (non-hydrogen) atoms. The van der Waals surface area contributed by atoms with Crippen molar-refractivity contribution in [2.45, 2.75) is 6.92 Å². The smallest absolute Gasteiger partial charge is 0.301 e. The van der Waals surface area contributed by atoms with Crippen LogP contribution >= 0.6 is 0 Å². The highest BCUT2D eigenvalue weighted by molar-refractivity contribution is 7.90. The summed E-state index contributed by atoms with van der Waals surface area (Å²) in [5.74, 6) is 0.729. The second kappa shape index (κ2) is 6.23. The van der Waals surface area contributed by atoms with Crippen molar-refractivity contribution < 1.29 is 13.2 Å². The molecule has 0 saturated carbocycles. The fourth-order valence-corrected chi connectivity index (χ4v) is 3.11. The third-order valence-corrected chi connectivity index (χ3v) is 4.37. The van der Waals surface area contributed by atoms with Gasteiger partial charge in [-0.05, 0) is 31.2 Å². The number of ether oxygens (including phenoxy) is 1. The summed E-state index contributed by atoms with van der Waals surface area (Å²) < 4.78 is 33.6. The van der Waals surface area contributed by atoms with E-state index in [1.54, 1.807) is 24.3 Å². The van der Waals surface area contributed by atoms with Gasteiger partial charge in [-0.15, -0.1) is 0 Å². The summed E-state index contributed by atoms with van der Waals surface area (Å²) in [6.45, 7) is 4.85. The van der Waals surface area contributed by atoms with Gasteiger partial charge >= 0.3 is 10.2 Å². The van der Waals surface area contributed by atoms with Gasteiger partial charge in [0.05, 0.1) is 12.3 Å². The Morgan fingerprint density at radius 3 is 2.47 bits per heavy atom. The van der Waals surface area contributed by atoms with E-state index in [4.69, 9.17) is 4.74 Å². The Balaban J connectivity index is 2.02. The lowest BCUT2D eigenvalue weighted by Gasteiger charge is -2.26. The maximum Gasteiger partial charge on any atom is 0.301 e. The van der Waals surface area contributed by atoms with E-state index in [0.717, 1.165) is 5.75 Å². The van der Waals surface area contributed by atoms with E-state index in [2.05, 4.69) is 10.0 Å². The molecule has 0 amide bonds. The van der Waals surface area contributed by atoms with E-state index in [9.17, 15) is 8.42 Å². The molecule has 0 unspecified atom stereocenters. The molecule has 0 radical (unpaired) electrons. The van der Waals surface area contributed by atoms with Gasteiger partial charge in [0, 0.05) is 26.2 Å². The molecule has 0 atom stereocenters. The predicted octanol–water partition coefficient (Wildman–Crippen LogP) is 0.647. The lowest BCUT2D eigenvalue weighted by molar-refractivity contribution is 0.340. The molecule has 0 bridgehead atoms. The van der Waals surface area contributed by atoms with Crippen LogP contribution in [0.2, 0.25) is 0 Å². The minimum Gasteiger partial charge on any atom is -0.494 e. The molecular formula is C12H19N3O3S. The van der Waals surface area contributed by atoms with Crippen LogP contribution in [0.4, 0.5) is 5.69 Å². The first-order chi connectivity index (χ1) is 9.12. The first kappa shape index (κ1) is 14.1. The fourth-order valence-electron chi connectivity index (χ4n) is 1.88. The van der Waals surface area contributed by atoms with Crippen LogP contribution in [0.25, 0.3) is 0 Å². The monoisotopic (exact) mass is 285 g/mol. The van der Waals surface area contributed by atoms with Crippen molar-refractivity contribution in [3.63, 3.8) is 0 Å². The number of hydrogen-bond acceptors (Lipinski definition) is 4. The average Bonchev–Trinajstić information content (AvgIpc) is 2.42. The third-order valence-electron chi connectivity index (χ3n) is 2.83. The van der Waals surface area contributed by atoms with E-state index in [1.807, 2.05) is 6.92 Å². The summed E-state index contributed by atoms with van der Waals surface area (Å²) in [5, 5.41) is 3.12. The van der Waals surface area contributed by atoms with Gasteiger partial charge in [-0.25, -0.2) is 0 Å². The number of hydrogen-bond donors (Lipinski definition) is 2. The van der Waals surface area contributed by atoms with E-state index in [1.165, 1.54) is 4.31 Å². The number of benzene rings is 1. The maximum absolute atomic E-state index is 12.1. The number of anilines is 1. The number of nitrogens with zero attached hydrogens (tertiary/aromatic N) is 1. The Kier molecular flexibility index (Phi) is 4.62. The summed E-state index contributed by atoms with van der Waals surface area (Å²) >= 11 is 0. The van der Waals surface area contributed by atoms with Gasteiger partial charge in [0.15, 0.2) is 0 Å². The lowest BCUT2D eigenvalue weighted by atomic mass is 10.3. The second-order valence-corrected chi connectivity index (χ2v) is 5.88. The van der Waals surface area contributed by atoms with Crippen LogP contribution in [0.3, 0.4) is 0 Å². The first-order valence-corrected chi connectivity index (χ1v) is 7.77. The van der Waals surface area contributed by atoms with E-state index >= 15 is 0 Å². The van der Waals surface area contributed by atoms with Crippen molar-refractivity contribution >= 4 is 15.9 Å². The summed E-state index contributed by atoms with van der Waals surface area (Å²) in [5.41, 5.74) is 0.544. The fraction of sp³-hybridized carbons (Fsp3) is 0.500. The Bertz CT molecular complexity index is 495. The summed E-state index contributed by atoms with van der Waals surface area (Å²) in [6, 6.07) is 6.90. The van der Waals surface area contributed by atoms with Gasteiger partial charge in [-0.3, -0.25) is 4.72 Å². The van der Waals surface area contributed by atoms with Crippen molar-refractivity contribution in [1.82, 2.24) is 9.62 Å². The van der Waals surface area contributed by atoms with Crippen molar-refractivity contribution in [3.05, 3.63) is 24.3 Å². The van der Waals surface area contributed by atoms with Crippen molar-refractivity contribution in [2.24, 2.45) is 0 Å². The van der Waals surface area contributed by atoms with Gasteiger partial charge < -0.3 is 10.1 Å². The Morgan fingerprint density at radius 1 is 1.26 bits per heavy atom. The summed E-state index contributed by atoms with van der Waals surface area (Å²) in [7, 11) is -3.46. The molecule has 1 fully saturated rings. The zero-order valence-electron chi connectivity index (χ0n) is 10.9. The molecule has 1 saturated heterocycles. The zero-order chi connectivity index (χ0) is 13.7. The molecule has 1 aromatic rings. The topological polar surface area (TPSA) is 70.7 Å². The van der Waals surface area contributed by atoms with Crippen LogP contribution < -0.4 is 14.8 Å². The second-order valence-electron chi connectivity index (χ2n) is 4.21. The molecule has 106 valence electrons. The molecule has 0 spiro atoms. The van der Waals surface area contributed by atoms with Crippen LogP contribution in [-0.2, 0) is 10.2 Å². The van der Waals surface area contributed by atoms with E-state index in [0.29, 0.717) is 38.5 Å². The van der Waals surface area contributed by atoms with E-state index in [-0.39, 0.29) is 0 Å². The molecule has 6 nitrogen and oxygen atoms in total. The van der Waals surface area contributed by atoms with Gasteiger partial charge in [0.25, 0.3) is 0 Å². The third kappa shape index (κ3) is 3.82. The molecule has 1 aromatic carbocycles.